The van der Waals surface area contributed by atoms with Crippen LogP contribution in [0.2, 0.25) is 0 Å². The van der Waals surface area contributed by atoms with Crippen LogP contribution in [0.25, 0.3) is 66.7 Å². The van der Waals surface area contributed by atoms with Gasteiger partial charge in [-0.25, -0.2) is 15.0 Å². The van der Waals surface area contributed by atoms with E-state index in [4.69, 9.17) is 19.4 Å². The third-order valence-electron chi connectivity index (χ3n) is 14.7. The lowest BCUT2D eigenvalue weighted by Gasteiger charge is -2.34. The third kappa shape index (κ3) is 5.54. The number of benzene rings is 8. The number of fused-ring (bicyclic) bond motifs is 13. The normalized spacial score (nSPS) is 16.2. The van der Waals surface area contributed by atoms with Crippen LogP contribution in [0.4, 0.5) is 17.2 Å². The molecule has 0 amide bonds. The van der Waals surface area contributed by atoms with E-state index >= 15 is 0 Å². The fourth-order valence-corrected chi connectivity index (χ4v) is 16.4. The van der Waals surface area contributed by atoms with Crippen LogP contribution in [0.1, 0.15) is 0 Å². The molecule has 0 saturated carbocycles. The third-order valence-corrected chi connectivity index (χ3v) is 19.4. The minimum absolute atomic E-state index is 0.00568. The summed E-state index contributed by atoms with van der Waals surface area (Å²) in [7, 11) is -3.05. The Morgan fingerprint density at radius 2 is 1.11 bits per heavy atom. The van der Waals surface area contributed by atoms with E-state index in [0.29, 0.717) is 0 Å². The molecule has 12 aromatic rings. The molecule has 2 atom stereocenters. The lowest BCUT2D eigenvalue weighted by Crippen LogP contribution is -2.74. The van der Waals surface area contributed by atoms with E-state index in [1.807, 2.05) is 6.07 Å². The van der Waals surface area contributed by atoms with E-state index in [2.05, 4.69) is 249 Å². The number of guanidine groups is 1. The predicted octanol–water partition coefficient (Wildman–Crippen LogP) is 11.0. The van der Waals surface area contributed by atoms with Gasteiger partial charge in [0.1, 0.15) is 22.8 Å². The van der Waals surface area contributed by atoms with Crippen molar-refractivity contribution in [1.82, 2.24) is 18.9 Å². The Morgan fingerprint density at radius 3 is 1.96 bits per heavy atom. The molecule has 1 aliphatic carbocycles. The zero-order valence-electron chi connectivity index (χ0n) is 37.7. The molecule has 6 heterocycles. The molecule has 0 spiro atoms. The van der Waals surface area contributed by atoms with Crippen molar-refractivity contribution in [1.29, 1.82) is 0 Å². The second kappa shape index (κ2) is 15.0. The summed E-state index contributed by atoms with van der Waals surface area (Å²) < 4.78 is 10.9. The molecule has 9 heteroatoms. The number of pyridine rings is 1. The summed E-state index contributed by atoms with van der Waals surface area (Å²) in [6, 6.07) is 76.9. The number of allylic oxidation sites excluding steroid dienone is 2. The van der Waals surface area contributed by atoms with Crippen LogP contribution in [0.15, 0.2) is 246 Å². The van der Waals surface area contributed by atoms with Gasteiger partial charge in [-0.2, -0.15) is 0 Å². The first-order valence-electron chi connectivity index (χ1n) is 23.8. The van der Waals surface area contributed by atoms with Gasteiger partial charge in [0, 0.05) is 10.8 Å². The molecule has 330 valence electrons. The summed E-state index contributed by atoms with van der Waals surface area (Å²) in [4.78, 5) is 21.0. The van der Waals surface area contributed by atoms with Crippen LogP contribution < -0.4 is 30.5 Å². The monoisotopic (exact) mass is 915 g/mol. The molecular formula is C61H41N7OSi. The quantitative estimate of drug-likeness (QED) is 0.118. The molecule has 15 rings (SSSR count). The Balaban J connectivity index is 1.00. The lowest BCUT2D eigenvalue weighted by molar-refractivity contribution is 0.669. The molecule has 0 bridgehead atoms. The van der Waals surface area contributed by atoms with Crippen molar-refractivity contribution in [3.8, 4) is 16.9 Å². The summed E-state index contributed by atoms with van der Waals surface area (Å²) in [6.45, 7) is 0. The van der Waals surface area contributed by atoms with Crippen molar-refractivity contribution in [3.63, 3.8) is 0 Å². The van der Waals surface area contributed by atoms with Crippen molar-refractivity contribution in [2.24, 2.45) is 4.99 Å². The van der Waals surface area contributed by atoms with Gasteiger partial charge in [0.25, 0.3) is 0 Å². The van der Waals surface area contributed by atoms with Crippen LogP contribution in [0.3, 0.4) is 0 Å². The van der Waals surface area contributed by atoms with E-state index < -0.39 is 8.07 Å². The van der Waals surface area contributed by atoms with Crippen LogP contribution in [0.5, 0.6) is 0 Å². The fraction of sp³-hybridized carbons (Fsp3) is 0.0328. The summed E-state index contributed by atoms with van der Waals surface area (Å²) in [5.74, 6) is 3.21. The van der Waals surface area contributed by atoms with Gasteiger partial charge in [-0.05, 0) is 92.5 Å². The number of furan rings is 1. The van der Waals surface area contributed by atoms with Gasteiger partial charge in [0.05, 0.1) is 45.5 Å². The molecule has 2 unspecified atom stereocenters. The minimum Gasteiger partial charge on any atom is -0.456 e. The smallest absolute Gasteiger partial charge is 0.221 e. The fourth-order valence-electron chi connectivity index (χ4n) is 11.6. The first-order valence-corrected chi connectivity index (χ1v) is 25.8. The van der Waals surface area contributed by atoms with Crippen molar-refractivity contribution in [3.05, 3.63) is 237 Å². The lowest BCUT2D eigenvalue weighted by atomic mass is 10.0. The topological polar surface area (TPSA) is 67.1 Å². The van der Waals surface area contributed by atoms with Gasteiger partial charge in [0.2, 0.25) is 11.7 Å². The SMILES string of the molecule is C1=CC2N=C3N(c4cc(-c5cccc([Si](c6ccccc6)(c6ccccc6)c6ccc7oc8ccccc8c7c6)c5)cc(-n5c6ccccc6n6c7ccccc7nc56)n4)c4ccccc4N3C2C=C1. The van der Waals surface area contributed by atoms with Crippen LogP contribution in [-0.4, -0.2) is 45.1 Å². The van der Waals surface area contributed by atoms with Gasteiger partial charge in [0.15, 0.2) is 8.07 Å². The Kier molecular flexibility index (Phi) is 8.34. The molecule has 70 heavy (non-hydrogen) atoms. The zero-order valence-corrected chi connectivity index (χ0v) is 38.7. The first kappa shape index (κ1) is 39.0. The summed E-state index contributed by atoms with van der Waals surface area (Å²) >= 11 is 0. The van der Waals surface area contributed by atoms with Gasteiger partial charge in [-0.3, -0.25) is 13.9 Å². The second-order valence-electron chi connectivity index (χ2n) is 18.4. The number of nitrogens with zero attached hydrogens (tertiary/aromatic N) is 7. The van der Waals surface area contributed by atoms with Gasteiger partial charge >= 0.3 is 0 Å². The van der Waals surface area contributed by atoms with Crippen LogP contribution >= 0.6 is 0 Å². The molecule has 0 N–H and O–H groups in total. The Bertz CT molecular complexity index is 4150. The molecule has 2 aliphatic heterocycles. The maximum absolute atomic E-state index is 6.44. The maximum atomic E-state index is 6.44. The summed E-state index contributed by atoms with van der Waals surface area (Å²) in [5, 5.41) is 7.38. The molecule has 8 aromatic carbocycles. The largest absolute Gasteiger partial charge is 0.456 e. The van der Waals surface area contributed by atoms with E-state index in [0.717, 1.165) is 89.9 Å². The van der Waals surface area contributed by atoms with Crippen molar-refractivity contribution in [2.45, 2.75) is 12.1 Å². The summed E-state index contributed by atoms with van der Waals surface area (Å²) in [6.07, 6.45) is 8.70. The highest BCUT2D eigenvalue weighted by molar-refractivity contribution is 7.20. The van der Waals surface area contributed by atoms with Crippen LogP contribution in [-0.2, 0) is 0 Å². The van der Waals surface area contributed by atoms with Crippen molar-refractivity contribution < 1.29 is 4.42 Å². The molecule has 4 aromatic heterocycles. The Morgan fingerprint density at radius 1 is 0.457 bits per heavy atom. The molecule has 3 aliphatic rings. The molecule has 0 saturated heterocycles. The maximum Gasteiger partial charge on any atom is 0.221 e. The molecular weight excluding hydrogens is 875 g/mol. The molecule has 0 radical (unpaired) electrons. The van der Waals surface area contributed by atoms with E-state index in [1.165, 1.54) is 20.7 Å². The minimum atomic E-state index is -3.05. The number of hydrogen-bond donors (Lipinski definition) is 0. The predicted molar refractivity (Wildman–Crippen MR) is 288 cm³/mol. The Hall–Kier alpha value is -9.05. The van der Waals surface area contributed by atoms with Crippen molar-refractivity contribution >= 4 is 102 Å². The number of aliphatic imine (C=N–C) groups is 1. The zero-order chi connectivity index (χ0) is 45.9. The number of imidazole rings is 2. The average molecular weight is 916 g/mol. The standard InChI is InChI=1S/C61H41N7OSi/c1-3-19-42(20-4-1)70(43-21-5-2-6-22-43,45-34-35-57-47(39-45)46-24-7-16-33-56(46)69-57)44-23-17-18-40(36-44)41-37-58(67-54-31-14-12-29-52(54)65-50-27-10-8-25-48(50)62-60(65)67)64-59(38-41)68-55-32-15-13-30-53(55)66-51-28-11-9-26-49(51)63-61(66)68/h1-39,48,50H. The highest BCUT2D eigenvalue weighted by Crippen LogP contribution is 2.47. The summed E-state index contributed by atoms with van der Waals surface area (Å²) in [5.41, 5.74) is 10.1. The van der Waals surface area contributed by atoms with Gasteiger partial charge < -0.3 is 9.32 Å². The highest BCUT2D eigenvalue weighted by atomic mass is 28.3. The Labute approximate surface area is 403 Å². The second-order valence-corrected chi connectivity index (χ2v) is 22.2. The van der Waals surface area contributed by atoms with E-state index in [1.54, 1.807) is 0 Å². The number of hydrogen-bond acceptors (Lipinski definition) is 6. The number of anilines is 3. The number of para-hydroxylation sites is 7. The molecule has 0 fully saturated rings. The first-order chi connectivity index (χ1) is 34.7. The van der Waals surface area contributed by atoms with Crippen LogP contribution in [0, 0.1) is 0 Å². The average Bonchev–Trinajstić information content (AvgIpc) is 4.23. The van der Waals surface area contributed by atoms with Crippen molar-refractivity contribution in [2.75, 3.05) is 9.80 Å². The highest BCUT2D eigenvalue weighted by Gasteiger charge is 2.46. The van der Waals surface area contributed by atoms with Gasteiger partial charge in [-0.15, -0.1) is 0 Å². The number of rotatable bonds is 7. The van der Waals surface area contributed by atoms with Gasteiger partial charge in [-0.1, -0.05) is 176 Å². The number of aromatic nitrogens is 4. The van der Waals surface area contributed by atoms with E-state index in [-0.39, 0.29) is 12.1 Å². The molecule has 8 nitrogen and oxygen atoms in total. The van der Waals surface area contributed by atoms with E-state index in [9.17, 15) is 0 Å².